The molecule has 1 atom stereocenters. The van der Waals surface area contributed by atoms with E-state index in [0.29, 0.717) is 34.7 Å². The third-order valence-electron chi connectivity index (χ3n) is 5.92. The van der Waals surface area contributed by atoms with E-state index in [1.807, 2.05) is 31.2 Å². The molecule has 2 heterocycles. The van der Waals surface area contributed by atoms with E-state index >= 15 is 0 Å². The molecule has 1 aliphatic heterocycles. The van der Waals surface area contributed by atoms with E-state index in [0.717, 1.165) is 42.6 Å². The van der Waals surface area contributed by atoms with Gasteiger partial charge in [-0.3, -0.25) is 9.59 Å². The number of hydrogen-bond donors (Lipinski definition) is 0. The lowest BCUT2D eigenvalue weighted by Gasteiger charge is -2.25. The molecular formula is C26H28ClNO4. The quantitative estimate of drug-likeness (QED) is 0.376. The molecule has 1 aromatic heterocycles. The van der Waals surface area contributed by atoms with E-state index in [2.05, 4.69) is 13.8 Å². The summed E-state index contributed by atoms with van der Waals surface area (Å²) < 4.78 is 11.7. The monoisotopic (exact) mass is 453 g/mol. The number of carbonyl (C=O) groups is 1. The number of halogens is 1. The highest BCUT2D eigenvalue weighted by Gasteiger charge is 2.42. The Morgan fingerprint density at radius 3 is 2.50 bits per heavy atom. The van der Waals surface area contributed by atoms with Crippen molar-refractivity contribution in [1.29, 1.82) is 0 Å². The summed E-state index contributed by atoms with van der Waals surface area (Å²) in [5.41, 5.74) is 2.24. The molecule has 32 heavy (non-hydrogen) atoms. The van der Waals surface area contributed by atoms with Crippen molar-refractivity contribution in [2.24, 2.45) is 0 Å². The zero-order valence-electron chi connectivity index (χ0n) is 18.7. The van der Waals surface area contributed by atoms with Crippen LogP contribution in [0.1, 0.15) is 72.8 Å². The fraction of sp³-hybridized carbons (Fsp3) is 0.385. The van der Waals surface area contributed by atoms with Crippen LogP contribution >= 0.6 is 11.6 Å². The number of ether oxygens (including phenoxy) is 1. The second-order valence-electron chi connectivity index (χ2n) is 8.30. The summed E-state index contributed by atoms with van der Waals surface area (Å²) in [6.45, 7) is 7.23. The lowest BCUT2D eigenvalue weighted by atomic mass is 9.98. The zero-order chi connectivity index (χ0) is 22.8. The van der Waals surface area contributed by atoms with Crippen molar-refractivity contribution in [3.8, 4) is 5.75 Å². The number of benzene rings is 2. The Morgan fingerprint density at radius 1 is 1.06 bits per heavy atom. The highest BCUT2D eigenvalue weighted by molar-refractivity contribution is 6.32. The first-order chi connectivity index (χ1) is 15.5. The van der Waals surface area contributed by atoms with Gasteiger partial charge >= 0.3 is 0 Å². The van der Waals surface area contributed by atoms with Crippen molar-refractivity contribution in [3.63, 3.8) is 0 Å². The summed E-state index contributed by atoms with van der Waals surface area (Å²) in [6.07, 6.45) is 3.84. The maximum Gasteiger partial charge on any atom is 0.290 e. The highest BCUT2D eigenvalue weighted by Crippen LogP contribution is 2.39. The van der Waals surface area contributed by atoms with Crippen LogP contribution in [0.3, 0.4) is 0 Å². The van der Waals surface area contributed by atoms with Gasteiger partial charge in [0.15, 0.2) is 5.43 Å². The van der Waals surface area contributed by atoms with Gasteiger partial charge in [-0.25, -0.2) is 0 Å². The van der Waals surface area contributed by atoms with Gasteiger partial charge < -0.3 is 14.1 Å². The molecule has 4 rings (SSSR count). The SMILES string of the molecule is CCCCCN1C(=O)c2oc3cc(C)c(Cl)cc3c(=O)c2C1c1ccc(OCCC)cc1. The van der Waals surface area contributed by atoms with Gasteiger partial charge in [-0.15, -0.1) is 0 Å². The van der Waals surface area contributed by atoms with Crippen LogP contribution in [0.2, 0.25) is 5.02 Å². The van der Waals surface area contributed by atoms with E-state index in [4.69, 9.17) is 20.8 Å². The van der Waals surface area contributed by atoms with E-state index in [9.17, 15) is 9.59 Å². The Bertz CT molecular complexity index is 1200. The van der Waals surface area contributed by atoms with Crippen molar-refractivity contribution < 1.29 is 13.9 Å². The molecule has 0 aliphatic carbocycles. The van der Waals surface area contributed by atoms with Crippen molar-refractivity contribution in [3.05, 3.63) is 74.1 Å². The molecule has 0 saturated carbocycles. The number of aryl methyl sites for hydroxylation is 1. The Morgan fingerprint density at radius 2 is 1.81 bits per heavy atom. The van der Waals surface area contributed by atoms with Crippen LogP contribution in [-0.4, -0.2) is 24.0 Å². The maximum atomic E-state index is 13.6. The Hall–Kier alpha value is -2.79. The van der Waals surface area contributed by atoms with Gasteiger partial charge in [-0.1, -0.05) is 50.4 Å². The minimum Gasteiger partial charge on any atom is -0.494 e. The zero-order valence-corrected chi connectivity index (χ0v) is 19.5. The normalized spacial score (nSPS) is 15.4. The van der Waals surface area contributed by atoms with Gasteiger partial charge in [0.25, 0.3) is 5.91 Å². The average molecular weight is 454 g/mol. The van der Waals surface area contributed by atoms with Crippen LogP contribution in [0.15, 0.2) is 45.6 Å². The number of fused-ring (bicyclic) bond motifs is 2. The minimum absolute atomic E-state index is 0.136. The predicted octanol–water partition coefficient (Wildman–Crippen LogP) is 6.28. The predicted molar refractivity (Wildman–Crippen MR) is 127 cm³/mol. The van der Waals surface area contributed by atoms with E-state index < -0.39 is 6.04 Å². The molecule has 168 valence electrons. The molecule has 0 saturated heterocycles. The highest BCUT2D eigenvalue weighted by atomic mass is 35.5. The van der Waals surface area contributed by atoms with E-state index in [1.54, 1.807) is 17.0 Å². The largest absolute Gasteiger partial charge is 0.494 e. The van der Waals surface area contributed by atoms with E-state index in [1.165, 1.54) is 0 Å². The molecule has 1 unspecified atom stereocenters. The summed E-state index contributed by atoms with van der Waals surface area (Å²) in [4.78, 5) is 28.7. The molecule has 1 aliphatic rings. The first kappa shape index (κ1) is 22.4. The summed E-state index contributed by atoms with van der Waals surface area (Å²) in [5, 5.41) is 0.901. The van der Waals surface area contributed by atoms with Gasteiger partial charge in [0.2, 0.25) is 5.76 Å². The number of unbranched alkanes of at least 4 members (excludes halogenated alkanes) is 2. The topological polar surface area (TPSA) is 59.8 Å². The van der Waals surface area contributed by atoms with Crippen molar-refractivity contribution in [2.45, 2.75) is 52.5 Å². The molecule has 0 bridgehead atoms. The lowest BCUT2D eigenvalue weighted by Crippen LogP contribution is -2.30. The fourth-order valence-corrected chi connectivity index (χ4v) is 4.38. The van der Waals surface area contributed by atoms with Gasteiger partial charge in [0.1, 0.15) is 11.3 Å². The second kappa shape index (κ2) is 9.37. The third kappa shape index (κ3) is 4.02. The van der Waals surface area contributed by atoms with Crippen molar-refractivity contribution in [1.82, 2.24) is 4.90 Å². The summed E-state index contributed by atoms with van der Waals surface area (Å²) in [6, 6.07) is 10.5. The Kier molecular flexibility index (Phi) is 6.56. The summed E-state index contributed by atoms with van der Waals surface area (Å²) >= 11 is 6.29. The van der Waals surface area contributed by atoms with Gasteiger partial charge in [-0.2, -0.15) is 0 Å². The Labute approximate surface area is 192 Å². The smallest absolute Gasteiger partial charge is 0.290 e. The average Bonchev–Trinajstić information content (AvgIpc) is 3.06. The van der Waals surface area contributed by atoms with Crippen LogP contribution in [0, 0.1) is 6.92 Å². The van der Waals surface area contributed by atoms with Crippen molar-refractivity contribution in [2.75, 3.05) is 13.2 Å². The Balaban J connectivity index is 1.84. The third-order valence-corrected chi connectivity index (χ3v) is 6.33. The van der Waals surface area contributed by atoms with Gasteiger partial charge in [-0.05, 0) is 55.2 Å². The van der Waals surface area contributed by atoms with Gasteiger partial charge in [0, 0.05) is 11.6 Å². The number of carbonyl (C=O) groups excluding carboxylic acids is 1. The molecule has 3 aromatic rings. The van der Waals surface area contributed by atoms with Crippen LogP contribution in [-0.2, 0) is 0 Å². The molecule has 5 nitrogen and oxygen atoms in total. The van der Waals surface area contributed by atoms with Crippen LogP contribution in [0.4, 0.5) is 0 Å². The molecule has 1 amide bonds. The maximum absolute atomic E-state index is 13.6. The fourth-order valence-electron chi connectivity index (χ4n) is 4.22. The lowest BCUT2D eigenvalue weighted by molar-refractivity contribution is 0.0724. The number of nitrogens with zero attached hydrogens (tertiary/aromatic N) is 1. The molecule has 2 aromatic carbocycles. The molecule has 0 N–H and O–H groups in total. The summed E-state index contributed by atoms with van der Waals surface area (Å²) in [7, 11) is 0. The van der Waals surface area contributed by atoms with Crippen LogP contribution in [0.25, 0.3) is 11.0 Å². The van der Waals surface area contributed by atoms with Gasteiger partial charge in [0.05, 0.1) is 23.6 Å². The number of amides is 1. The first-order valence-electron chi connectivity index (χ1n) is 11.3. The first-order valence-corrected chi connectivity index (χ1v) is 11.6. The van der Waals surface area contributed by atoms with Crippen LogP contribution < -0.4 is 10.2 Å². The number of hydrogen-bond acceptors (Lipinski definition) is 4. The minimum atomic E-state index is -0.490. The molecule has 0 spiro atoms. The molecule has 0 radical (unpaired) electrons. The van der Waals surface area contributed by atoms with Crippen LogP contribution in [0.5, 0.6) is 5.75 Å². The standard InChI is InChI=1S/C26H28ClNO4/c1-4-6-7-12-28-23(17-8-10-18(11-9-17)31-13-5-2)22-24(29)19-15-20(27)16(3)14-21(19)32-25(22)26(28)30/h8-11,14-15,23H,4-7,12-13H2,1-3H3. The number of rotatable bonds is 8. The second-order valence-corrected chi connectivity index (χ2v) is 8.70. The summed E-state index contributed by atoms with van der Waals surface area (Å²) in [5.74, 6) is 0.668. The van der Waals surface area contributed by atoms with E-state index in [-0.39, 0.29) is 17.1 Å². The molecule has 6 heteroatoms. The molecular weight excluding hydrogens is 426 g/mol. The molecule has 0 fully saturated rings. The van der Waals surface area contributed by atoms with Crippen molar-refractivity contribution >= 4 is 28.5 Å².